The van der Waals surface area contributed by atoms with Crippen LogP contribution in [-0.2, 0) is 10.5 Å². The van der Waals surface area contributed by atoms with Crippen LogP contribution in [0.5, 0.6) is 0 Å². The van der Waals surface area contributed by atoms with Crippen molar-refractivity contribution in [3.63, 3.8) is 0 Å². The first-order valence-corrected chi connectivity index (χ1v) is 8.11. The van der Waals surface area contributed by atoms with Gasteiger partial charge in [0.2, 0.25) is 5.91 Å². The van der Waals surface area contributed by atoms with Crippen LogP contribution in [0.2, 0.25) is 5.02 Å². The normalized spacial score (nSPS) is 17.1. The fourth-order valence-electron chi connectivity index (χ4n) is 2.05. The standard InChI is InChI=1S/C15H17ClN2OS/c1-15(10-17,12-4-5-12)18-14(19)9-20-8-11-2-6-13(16)7-3-11/h2-3,6-7,12H,4-5,8-9H2,1H3,(H,18,19)/t15-/m0/s1. The highest BCUT2D eigenvalue weighted by molar-refractivity contribution is 7.99. The molecule has 0 spiro atoms. The molecule has 1 amide bonds. The summed E-state index contributed by atoms with van der Waals surface area (Å²) in [6.07, 6.45) is 2.06. The lowest BCUT2D eigenvalue weighted by Gasteiger charge is -2.22. The van der Waals surface area contributed by atoms with E-state index in [-0.39, 0.29) is 5.91 Å². The van der Waals surface area contributed by atoms with Crippen LogP contribution in [0.4, 0.5) is 0 Å². The number of thioether (sulfide) groups is 1. The number of nitriles is 1. The first kappa shape index (κ1) is 15.2. The Morgan fingerprint density at radius 3 is 2.70 bits per heavy atom. The monoisotopic (exact) mass is 308 g/mol. The highest BCUT2D eigenvalue weighted by Gasteiger charge is 2.42. The van der Waals surface area contributed by atoms with Crippen molar-refractivity contribution in [2.45, 2.75) is 31.1 Å². The molecule has 0 aliphatic heterocycles. The molecule has 0 aromatic heterocycles. The Balaban J connectivity index is 1.75. The SMILES string of the molecule is C[C@@](C#N)(NC(=O)CSCc1ccc(Cl)cc1)C1CC1. The fraction of sp³-hybridized carbons (Fsp3) is 0.467. The van der Waals surface area contributed by atoms with E-state index in [1.165, 1.54) is 11.8 Å². The molecule has 1 aliphatic carbocycles. The molecule has 1 aliphatic rings. The smallest absolute Gasteiger partial charge is 0.231 e. The highest BCUT2D eigenvalue weighted by Crippen LogP contribution is 2.39. The van der Waals surface area contributed by atoms with E-state index in [2.05, 4.69) is 11.4 Å². The number of halogens is 1. The third kappa shape index (κ3) is 4.16. The summed E-state index contributed by atoms with van der Waals surface area (Å²) in [6, 6.07) is 9.83. The van der Waals surface area contributed by atoms with E-state index in [0.29, 0.717) is 16.7 Å². The van der Waals surface area contributed by atoms with Crippen LogP contribution in [0, 0.1) is 17.2 Å². The highest BCUT2D eigenvalue weighted by atomic mass is 35.5. The van der Waals surface area contributed by atoms with Crippen molar-refractivity contribution in [1.29, 1.82) is 5.26 Å². The number of benzene rings is 1. The van der Waals surface area contributed by atoms with Crippen LogP contribution in [0.25, 0.3) is 0 Å². The molecule has 20 heavy (non-hydrogen) atoms. The van der Waals surface area contributed by atoms with Crippen molar-refractivity contribution >= 4 is 29.3 Å². The molecule has 2 rings (SSSR count). The molecule has 1 fully saturated rings. The molecule has 0 unspecified atom stereocenters. The van der Waals surface area contributed by atoms with E-state index in [4.69, 9.17) is 11.6 Å². The molecule has 1 aromatic carbocycles. The topological polar surface area (TPSA) is 52.9 Å². The van der Waals surface area contributed by atoms with E-state index < -0.39 is 5.54 Å². The number of hydrogen-bond donors (Lipinski definition) is 1. The fourth-order valence-corrected chi connectivity index (χ4v) is 2.96. The first-order valence-electron chi connectivity index (χ1n) is 6.58. The van der Waals surface area contributed by atoms with Crippen LogP contribution in [0.3, 0.4) is 0 Å². The van der Waals surface area contributed by atoms with Gasteiger partial charge in [0, 0.05) is 10.8 Å². The van der Waals surface area contributed by atoms with Crippen molar-refractivity contribution in [3.8, 4) is 6.07 Å². The van der Waals surface area contributed by atoms with Crippen molar-refractivity contribution in [3.05, 3.63) is 34.9 Å². The minimum Gasteiger partial charge on any atom is -0.337 e. The Bertz CT molecular complexity index is 522. The first-order chi connectivity index (χ1) is 9.53. The maximum absolute atomic E-state index is 11.9. The lowest BCUT2D eigenvalue weighted by Crippen LogP contribution is -2.47. The molecular weight excluding hydrogens is 292 g/mol. The maximum atomic E-state index is 11.9. The third-order valence-corrected chi connectivity index (χ3v) is 4.70. The van der Waals surface area contributed by atoms with E-state index in [0.717, 1.165) is 24.2 Å². The van der Waals surface area contributed by atoms with Gasteiger partial charge >= 0.3 is 0 Å². The Morgan fingerprint density at radius 2 is 2.15 bits per heavy atom. The summed E-state index contributed by atoms with van der Waals surface area (Å²) in [5.41, 5.74) is 0.440. The average molecular weight is 309 g/mol. The molecule has 1 saturated carbocycles. The lowest BCUT2D eigenvalue weighted by molar-refractivity contribution is -0.119. The van der Waals surface area contributed by atoms with Gasteiger partial charge in [-0.3, -0.25) is 4.79 Å². The number of nitrogens with zero attached hydrogens (tertiary/aromatic N) is 1. The van der Waals surface area contributed by atoms with E-state index in [9.17, 15) is 10.1 Å². The van der Waals surface area contributed by atoms with Gasteiger partial charge in [0.05, 0.1) is 11.8 Å². The zero-order chi connectivity index (χ0) is 14.6. The molecule has 1 atom stereocenters. The summed E-state index contributed by atoms with van der Waals surface area (Å²) < 4.78 is 0. The zero-order valence-corrected chi connectivity index (χ0v) is 12.9. The molecule has 3 nitrogen and oxygen atoms in total. The van der Waals surface area contributed by atoms with Crippen molar-refractivity contribution in [1.82, 2.24) is 5.32 Å². The van der Waals surface area contributed by atoms with Crippen LogP contribution < -0.4 is 5.32 Å². The van der Waals surface area contributed by atoms with Gasteiger partial charge in [0.1, 0.15) is 5.54 Å². The van der Waals surface area contributed by atoms with Gasteiger partial charge in [0.15, 0.2) is 0 Å². The zero-order valence-electron chi connectivity index (χ0n) is 11.4. The van der Waals surface area contributed by atoms with Crippen molar-refractivity contribution in [2.24, 2.45) is 5.92 Å². The van der Waals surface area contributed by atoms with Gasteiger partial charge in [-0.15, -0.1) is 11.8 Å². The van der Waals surface area contributed by atoms with Gasteiger partial charge in [-0.05, 0) is 43.4 Å². The van der Waals surface area contributed by atoms with Gasteiger partial charge in [-0.2, -0.15) is 5.26 Å². The summed E-state index contributed by atoms with van der Waals surface area (Å²) in [7, 11) is 0. The average Bonchev–Trinajstić information content (AvgIpc) is 3.25. The number of carbonyl (C=O) groups is 1. The molecule has 0 heterocycles. The summed E-state index contributed by atoms with van der Waals surface area (Å²) in [5.74, 6) is 1.38. The number of nitrogens with one attached hydrogen (secondary N) is 1. The minimum absolute atomic E-state index is 0.0695. The summed E-state index contributed by atoms with van der Waals surface area (Å²) in [5, 5.41) is 12.8. The van der Waals surface area contributed by atoms with Gasteiger partial charge in [0.25, 0.3) is 0 Å². The number of hydrogen-bond acceptors (Lipinski definition) is 3. The maximum Gasteiger partial charge on any atom is 0.231 e. The van der Waals surface area contributed by atoms with Crippen molar-refractivity contribution in [2.75, 3.05) is 5.75 Å². The van der Waals surface area contributed by atoms with Gasteiger partial charge in [-0.25, -0.2) is 0 Å². The predicted molar refractivity (Wildman–Crippen MR) is 82.5 cm³/mol. The van der Waals surface area contributed by atoms with Crippen molar-refractivity contribution < 1.29 is 4.79 Å². The van der Waals surface area contributed by atoms with Gasteiger partial charge in [-0.1, -0.05) is 23.7 Å². The van der Waals surface area contributed by atoms with Crippen LogP contribution in [0.15, 0.2) is 24.3 Å². The Hall–Kier alpha value is -1.18. The number of rotatable bonds is 6. The Morgan fingerprint density at radius 1 is 1.50 bits per heavy atom. The van der Waals surface area contributed by atoms with E-state index >= 15 is 0 Å². The van der Waals surface area contributed by atoms with Crippen LogP contribution in [0.1, 0.15) is 25.3 Å². The molecule has 1 aromatic rings. The van der Waals surface area contributed by atoms with E-state index in [1.807, 2.05) is 31.2 Å². The summed E-state index contributed by atoms with van der Waals surface area (Å²) in [4.78, 5) is 11.9. The number of carbonyl (C=O) groups excluding carboxylic acids is 1. The largest absolute Gasteiger partial charge is 0.337 e. The molecule has 106 valence electrons. The molecule has 5 heteroatoms. The molecule has 0 radical (unpaired) electrons. The second-order valence-electron chi connectivity index (χ2n) is 5.26. The summed E-state index contributed by atoms with van der Waals surface area (Å²) in [6.45, 7) is 1.81. The van der Waals surface area contributed by atoms with Gasteiger partial charge < -0.3 is 5.32 Å². The lowest BCUT2D eigenvalue weighted by atomic mass is 9.98. The Labute approximate surface area is 128 Å². The predicted octanol–water partition coefficient (Wildman–Crippen LogP) is 3.38. The summed E-state index contributed by atoms with van der Waals surface area (Å²) >= 11 is 7.36. The van der Waals surface area contributed by atoms with Crippen LogP contribution in [-0.4, -0.2) is 17.2 Å². The van der Waals surface area contributed by atoms with E-state index in [1.54, 1.807) is 0 Å². The Kier molecular flexibility index (Phi) is 4.95. The molecular formula is C15H17ClN2OS. The molecule has 1 N–H and O–H groups in total. The number of amides is 1. The van der Waals surface area contributed by atoms with Crippen LogP contribution >= 0.6 is 23.4 Å². The minimum atomic E-state index is -0.697. The second kappa shape index (κ2) is 6.51. The molecule has 0 saturated heterocycles. The molecule has 0 bridgehead atoms. The third-order valence-electron chi connectivity index (χ3n) is 3.44. The quantitative estimate of drug-likeness (QED) is 0.876. The second-order valence-corrected chi connectivity index (χ2v) is 6.68.